The average Bonchev–Trinajstić information content (AvgIpc) is 3.19. The summed E-state index contributed by atoms with van der Waals surface area (Å²) in [5.74, 6) is -0.266. The lowest BCUT2D eigenvalue weighted by Crippen LogP contribution is -2.17. The van der Waals surface area contributed by atoms with Gasteiger partial charge in [0.05, 0.1) is 23.5 Å². The van der Waals surface area contributed by atoms with Gasteiger partial charge in [-0.3, -0.25) is 0 Å². The Morgan fingerprint density at radius 2 is 1.88 bits per heavy atom. The molecule has 0 aliphatic heterocycles. The van der Waals surface area contributed by atoms with E-state index in [1.54, 1.807) is 60.7 Å². The molecule has 0 spiro atoms. The van der Waals surface area contributed by atoms with Crippen LogP contribution in [0.4, 0.5) is 17.6 Å². The number of fused-ring (bicyclic) bond motifs is 1. The molecule has 0 aliphatic rings. The van der Waals surface area contributed by atoms with Crippen LogP contribution in [0.2, 0.25) is 0 Å². The minimum Gasteiger partial charge on any atom is -0.367 e. The van der Waals surface area contributed by atoms with Gasteiger partial charge in [-0.15, -0.1) is 9.19 Å². The highest BCUT2D eigenvalue weighted by Gasteiger charge is 2.25. The summed E-state index contributed by atoms with van der Waals surface area (Å²) in [6.45, 7) is 0. The fourth-order valence-electron chi connectivity index (χ4n) is 3.29. The highest BCUT2D eigenvalue weighted by Crippen LogP contribution is 2.27. The van der Waals surface area contributed by atoms with Crippen LogP contribution in [0.3, 0.4) is 0 Å². The number of rotatable bonds is 6. The molecule has 0 radical (unpaired) electrons. The van der Waals surface area contributed by atoms with Gasteiger partial charge < -0.3 is 11.1 Å². The molecule has 0 atom stereocenters. The second-order valence-electron chi connectivity index (χ2n) is 7.00. The van der Waals surface area contributed by atoms with Crippen molar-refractivity contribution in [2.75, 3.05) is 11.1 Å². The third-order valence-electron chi connectivity index (χ3n) is 4.82. The van der Waals surface area contributed by atoms with Crippen molar-refractivity contribution in [3.8, 4) is 12.1 Å². The van der Waals surface area contributed by atoms with Gasteiger partial charge in [0.1, 0.15) is 0 Å². The maximum atomic E-state index is 13.4. The number of nitriles is 2. The van der Waals surface area contributed by atoms with Crippen molar-refractivity contribution in [3.63, 3.8) is 0 Å². The molecule has 0 unspecified atom stereocenters. The van der Waals surface area contributed by atoms with Gasteiger partial charge >= 0.3 is 0 Å². The van der Waals surface area contributed by atoms with Crippen molar-refractivity contribution in [3.05, 3.63) is 77.9 Å². The first-order valence-electron chi connectivity index (χ1n) is 9.72. The van der Waals surface area contributed by atoms with Crippen LogP contribution < -0.4 is 11.1 Å². The molecule has 3 aromatic carbocycles. The zero-order valence-electron chi connectivity index (χ0n) is 17.2. The molecule has 4 aromatic rings. The van der Waals surface area contributed by atoms with Gasteiger partial charge in [0.15, 0.2) is 0 Å². The number of hydrogen-bond donors (Lipinski definition) is 2. The minimum atomic E-state index is -4.14. The minimum absolute atomic E-state index is 0.0215. The summed E-state index contributed by atoms with van der Waals surface area (Å²) < 4.78 is 27.4. The highest BCUT2D eigenvalue weighted by molar-refractivity contribution is 7.90. The quantitative estimate of drug-likeness (QED) is 0.419. The van der Waals surface area contributed by atoms with Crippen molar-refractivity contribution < 1.29 is 8.42 Å². The van der Waals surface area contributed by atoms with E-state index >= 15 is 0 Å². The molecule has 33 heavy (non-hydrogen) atoms. The molecular weight excluding hydrogens is 438 g/mol. The number of aromatic nitrogens is 3. The van der Waals surface area contributed by atoms with Crippen LogP contribution in [0.15, 0.2) is 71.6 Å². The molecule has 4 rings (SSSR count). The Kier molecular flexibility index (Phi) is 5.77. The smallest absolute Gasteiger partial charge is 0.286 e. The van der Waals surface area contributed by atoms with E-state index in [2.05, 4.69) is 21.5 Å². The highest BCUT2D eigenvalue weighted by atomic mass is 32.2. The van der Waals surface area contributed by atoms with Crippen molar-refractivity contribution in [1.82, 2.24) is 14.2 Å². The van der Waals surface area contributed by atoms with Crippen LogP contribution in [0.25, 0.3) is 16.8 Å². The Morgan fingerprint density at radius 3 is 2.61 bits per heavy atom. The van der Waals surface area contributed by atoms with Gasteiger partial charge in [-0.2, -0.15) is 23.9 Å². The Balaban J connectivity index is 1.68. The topological polar surface area (TPSA) is 150 Å². The molecule has 10 heteroatoms. The predicted octanol–water partition coefficient (Wildman–Crippen LogP) is 3.60. The lowest BCUT2D eigenvalue weighted by Gasteiger charge is -2.09. The third kappa shape index (κ3) is 4.37. The van der Waals surface area contributed by atoms with E-state index in [1.165, 1.54) is 12.1 Å². The molecule has 9 nitrogen and oxygen atoms in total. The molecule has 0 saturated heterocycles. The largest absolute Gasteiger partial charge is 0.367 e. The standard InChI is InChI=1S/C23H17N7O2S/c24-13-2-3-17-8-11-20-18(15-17)4-1-5-21(20)33(31,32)30-22(26)28-23(29-30)27-19-9-6-16(7-10-19)12-14-25/h1-11,15H,12H2,(H3,26,27,28,29). The molecule has 0 fully saturated rings. The number of nitrogens with zero attached hydrogens (tertiary/aromatic N) is 5. The summed E-state index contributed by atoms with van der Waals surface area (Å²) in [5, 5.41) is 25.6. The number of allylic oxidation sites excluding steroid dienone is 1. The van der Waals surface area contributed by atoms with Crippen LogP contribution in [-0.4, -0.2) is 22.6 Å². The molecule has 3 N–H and O–H groups in total. The van der Waals surface area contributed by atoms with Crippen molar-refractivity contribution in [2.45, 2.75) is 11.3 Å². The average molecular weight is 456 g/mol. The van der Waals surface area contributed by atoms with Crippen LogP contribution in [0.5, 0.6) is 0 Å². The number of nitrogens with two attached hydrogens (primary N) is 1. The van der Waals surface area contributed by atoms with Gasteiger partial charge in [-0.05, 0) is 46.9 Å². The van der Waals surface area contributed by atoms with E-state index in [9.17, 15) is 8.42 Å². The molecular formula is C23H17N7O2S. The second-order valence-corrected chi connectivity index (χ2v) is 8.73. The first-order chi connectivity index (χ1) is 15.9. The summed E-state index contributed by atoms with van der Waals surface area (Å²) >= 11 is 0. The number of nitrogens with one attached hydrogen (secondary N) is 1. The SMILES string of the molecule is N#CC=Cc1ccc2c(S(=O)(=O)n3nc(Nc4ccc(CC#N)cc4)nc3N)cccc2c1. The zero-order chi connectivity index (χ0) is 23.4. The third-order valence-corrected chi connectivity index (χ3v) is 6.45. The lowest BCUT2D eigenvalue weighted by molar-refractivity contribution is 0.582. The molecule has 162 valence electrons. The molecule has 1 aromatic heterocycles. The maximum Gasteiger partial charge on any atom is 0.286 e. The Morgan fingerprint density at radius 1 is 1.09 bits per heavy atom. The van der Waals surface area contributed by atoms with Crippen LogP contribution in [-0.2, 0) is 16.4 Å². The molecule has 1 heterocycles. The first kappa shape index (κ1) is 21.6. The van der Waals surface area contributed by atoms with Crippen molar-refractivity contribution >= 4 is 44.5 Å². The summed E-state index contributed by atoms with van der Waals surface area (Å²) in [7, 11) is -4.14. The fourth-order valence-corrected chi connectivity index (χ4v) is 4.67. The molecule has 0 aliphatic carbocycles. The molecule has 0 amide bonds. The number of benzene rings is 3. The summed E-state index contributed by atoms with van der Waals surface area (Å²) in [6.07, 6.45) is 3.28. The Bertz CT molecular complexity index is 1560. The van der Waals surface area contributed by atoms with Crippen molar-refractivity contribution in [2.24, 2.45) is 0 Å². The van der Waals surface area contributed by atoms with Gasteiger partial charge in [0, 0.05) is 17.1 Å². The summed E-state index contributed by atoms with van der Waals surface area (Å²) in [4.78, 5) is 4.06. The second kappa shape index (κ2) is 8.83. The summed E-state index contributed by atoms with van der Waals surface area (Å²) in [5.41, 5.74) is 8.14. The van der Waals surface area contributed by atoms with Gasteiger partial charge in [-0.25, -0.2) is 0 Å². The van der Waals surface area contributed by atoms with E-state index in [1.807, 2.05) is 6.07 Å². The van der Waals surface area contributed by atoms with E-state index in [0.29, 0.717) is 27.0 Å². The Labute approximate surface area is 190 Å². The Hall–Kier alpha value is -4.67. The zero-order valence-corrected chi connectivity index (χ0v) is 18.0. The van der Waals surface area contributed by atoms with E-state index < -0.39 is 10.0 Å². The first-order valence-corrected chi connectivity index (χ1v) is 11.2. The normalized spacial score (nSPS) is 11.3. The van der Waals surface area contributed by atoms with Crippen LogP contribution in [0.1, 0.15) is 11.1 Å². The van der Waals surface area contributed by atoms with E-state index in [0.717, 1.165) is 11.1 Å². The van der Waals surface area contributed by atoms with Gasteiger partial charge in [0.2, 0.25) is 11.9 Å². The van der Waals surface area contributed by atoms with Gasteiger partial charge in [-0.1, -0.05) is 36.4 Å². The van der Waals surface area contributed by atoms with Crippen molar-refractivity contribution in [1.29, 1.82) is 10.5 Å². The van der Waals surface area contributed by atoms with Gasteiger partial charge in [0.25, 0.3) is 10.0 Å². The lowest BCUT2D eigenvalue weighted by atomic mass is 10.1. The number of nitrogen functional groups attached to an aromatic ring is 1. The molecule has 0 saturated carbocycles. The van der Waals surface area contributed by atoms with Crippen LogP contribution in [0, 0.1) is 22.7 Å². The van der Waals surface area contributed by atoms with E-state index in [-0.39, 0.29) is 16.8 Å². The summed E-state index contributed by atoms with van der Waals surface area (Å²) in [6, 6.07) is 21.1. The monoisotopic (exact) mass is 455 g/mol. The number of hydrogen-bond acceptors (Lipinski definition) is 8. The fraction of sp³-hybridized carbons (Fsp3) is 0.0435. The molecule has 0 bridgehead atoms. The van der Waals surface area contributed by atoms with E-state index in [4.69, 9.17) is 16.3 Å². The predicted molar refractivity (Wildman–Crippen MR) is 125 cm³/mol. The number of anilines is 3. The maximum absolute atomic E-state index is 13.4. The van der Waals surface area contributed by atoms with Crippen LogP contribution >= 0.6 is 0 Å².